The number of carbonyl (C=O) groups is 1. The van der Waals surface area contributed by atoms with E-state index < -0.39 is 0 Å². The first-order valence-electron chi connectivity index (χ1n) is 10.6. The summed E-state index contributed by atoms with van der Waals surface area (Å²) >= 11 is 0. The lowest BCUT2D eigenvalue weighted by molar-refractivity contribution is -0.175. The lowest BCUT2D eigenvalue weighted by atomic mass is 9.86. The maximum atomic E-state index is 13.0. The van der Waals surface area contributed by atoms with Crippen LogP contribution in [0.3, 0.4) is 0 Å². The number of piperidine rings is 1. The summed E-state index contributed by atoms with van der Waals surface area (Å²) in [7, 11) is 0. The Kier molecular flexibility index (Phi) is 6.06. The molecule has 1 aromatic carbocycles. The highest BCUT2D eigenvalue weighted by Crippen LogP contribution is 2.35. The van der Waals surface area contributed by atoms with E-state index in [1.807, 2.05) is 43.9 Å². The number of nitrogens with zero attached hydrogens (tertiary/aromatic N) is 2. The van der Waals surface area contributed by atoms with E-state index >= 15 is 0 Å². The van der Waals surface area contributed by atoms with Gasteiger partial charge in [-0.25, -0.2) is 0 Å². The minimum atomic E-state index is -0.104. The van der Waals surface area contributed by atoms with Crippen molar-refractivity contribution in [2.24, 2.45) is 0 Å². The highest BCUT2D eigenvalue weighted by atomic mass is 16.5. The molecule has 1 spiro atoms. The van der Waals surface area contributed by atoms with Crippen molar-refractivity contribution in [3.05, 3.63) is 29.3 Å². The Hall–Kier alpha value is -1.59. The zero-order chi connectivity index (χ0) is 20.5. The van der Waals surface area contributed by atoms with Crippen molar-refractivity contribution in [2.75, 3.05) is 32.8 Å². The molecule has 2 saturated heterocycles. The minimum absolute atomic E-state index is 0.0876. The highest BCUT2D eigenvalue weighted by Gasteiger charge is 2.45. The van der Waals surface area contributed by atoms with Gasteiger partial charge >= 0.3 is 0 Å². The third kappa shape index (κ3) is 4.36. The number of carbonyl (C=O) groups excluding carboxylic acids is 1. The monoisotopic (exact) mass is 388 g/mol. The van der Waals surface area contributed by atoms with Crippen molar-refractivity contribution in [1.29, 1.82) is 0 Å². The second kappa shape index (κ2) is 8.03. The predicted molar refractivity (Wildman–Crippen MR) is 112 cm³/mol. The van der Waals surface area contributed by atoms with Crippen LogP contribution in [0.15, 0.2) is 18.2 Å². The van der Waals surface area contributed by atoms with Gasteiger partial charge in [-0.2, -0.15) is 0 Å². The van der Waals surface area contributed by atoms with Crippen LogP contribution in [0.25, 0.3) is 0 Å². The number of hydrogen-bond donors (Lipinski definition) is 0. The first kappa shape index (κ1) is 21.1. The molecule has 1 aromatic rings. The molecule has 5 nitrogen and oxygen atoms in total. The Balaban J connectivity index is 1.63. The van der Waals surface area contributed by atoms with E-state index in [4.69, 9.17) is 9.47 Å². The van der Waals surface area contributed by atoms with E-state index in [9.17, 15) is 4.79 Å². The smallest absolute Gasteiger partial charge is 0.253 e. The molecule has 0 bridgehead atoms. The van der Waals surface area contributed by atoms with E-state index in [1.54, 1.807) is 0 Å². The van der Waals surface area contributed by atoms with E-state index in [-0.39, 0.29) is 23.2 Å². The zero-order valence-electron chi connectivity index (χ0n) is 18.4. The fraction of sp³-hybridized carbons (Fsp3) is 0.696. The largest absolute Gasteiger partial charge is 0.491 e. The topological polar surface area (TPSA) is 42.0 Å². The first-order chi connectivity index (χ1) is 13.2. The molecule has 0 radical (unpaired) electrons. The summed E-state index contributed by atoms with van der Waals surface area (Å²) in [4.78, 5) is 17.5. The quantitative estimate of drug-likeness (QED) is 0.785. The van der Waals surface area contributed by atoms with Crippen LogP contribution in [0, 0.1) is 6.92 Å². The Morgan fingerprint density at radius 1 is 1.25 bits per heavy atom. The van der Waals surface area contributed by atoms with Gasteiger partial charge in [0.15, 0.2) is 0 Å². The number of hydrogen-bond acceptors (Lipinski definition) is 4. The van der Waals surface area contributed by atoms with Crippen LogP contribution in [0.4, 0.5) is 0 Å². The van der Waals surface area contributed by atoms with Crippen LogP contribution < -0.4 is 4.74 Å². The van der Waals surface area contributed by atoms with Crippen LogP contribution in [0.5, 0.6) is 5.75 Å². The number of aryl methyl sites for hydroxylation is 1. The molecule has 2 aliphatic heterocycles. The van der Waals surface area contributed by atoms with E-state index in [0.717, 1.165) is 62.5 Å². The van der Waals surface area contributed by atoms with Crippen molar-refractivity contribution in [3.8, 4) is 5.75 Å². The maximum absolute atomic E-state index is 13.0. The van der Waals surface area contributed by atoms with Gasteiger partial charge in [-0.05, 0) is 77.8 Å². The molecule has 0 saturated carbocycles. The van der Waals surface area contributed by atoms with Crippen molar-refractivity contribution in [3.63, 3.8) is 0 Å². The summed E-state index contributed by atoms with van der Waals surface area (Å²) in [6.07, 6.45) is 1.93. The van der Waals surface area contributed by atoms with Gasteiger partial charge in [0.05, 0.1) is 18.3 Å². The van der Waals surface area contributed by atoms with Gasteiger partial charge in [-0.1, -0.05) is 6.92 Å². The molecular formula is C23H36N2O3. The van der Waals surface area contributed by atoms with Gasteiger partial charge in [0.1, 0.15) is 5.75 Å². The number of rotatable bonds is 4. The van der Waals surface area contributed by atoms with Gasteiger partial charge in [0.2, 0.25) is 0 Å². The van der Waals surface area contributed by atoms with Gasteiger partial charge in [0.25, 0.3) is 5.91 Å². The minimum Gasteiger partial charge on any atom is -0.491 e. The van der Waals surface area contributed by atoms with Crippen molar-refractivity contribution >= 4 is 5.91 Å². The van der Waals surface area contributed by atoms with Crippen LogP contribution >= 0.6 is 0 Å². The van der Waals surface area contributed by atoms with Gasteiger partial charge in [0, 0.05) is 30.7 Å². The lowest BCUT2D eigenvalue weighted by Gasteiger charge is -2.53. The Labute approximate surface area is 170 Å². The molecule has 0 aliphatic carbocycles. The third-order valence-electron chi connectivity index (χ3n) is 6.19. The summed E-state index contributed by atoms with van der Waals surface area (Å²) < 4.78 is 12.2. The van der Waals surface area contributed by atoms with E-state index in [0.29, 0.717) is 0 Å². The predicted octanol–water partition coefficient (Wildman–Crippen LogP) is 3.89. The molecule has 28 heavy (non-hydrogen) atoms. The normalized spacial score (nSPS) is 21.9. The summed E-state index contributed by atoms with van der Waals surface area (Å²) in [5.41, 5.74) is 1.73. The number of morpholine rings is 1. The molecule has 0 atom stereocenters. The molecule has 3 rings (SSSR count). The second-order valence-corrected chi connectivity index (χ2v) is 9.24. The third-order valence-corrected chi connectivity index (χ3v) is 6.19. The number of benzene rings is 1. The fourth-order valence-corrected chi connectivity index (χ4v) is 4.34. The SMILES string of the molecule is CCN1CC2(CCN(C(=O)c3ccc(OC(C)C)c(C)c3)CC2)OCC1(C)C. The Morgan fingerprint density at radius 3 is 2.50 bits per heavy atom. The van der Waals surface area contributed by atoms with Crippen molar-refractivity contribution < 1.29 is 14.3 Å². The number of likely N-dealkylation sites (N-methyl/N-ethyl adjacent to an activating group) is 1. The van der Waals surface area contributed by atoms with Gasteiger partial charge in [-0.3, -0.25) is 9.69 Å². The van der Waals surface area contributed by atoms with Crippen molar-refractivity contribution in [2.45, 2.75) is 71.6 Å². The van der Waals surface area contributed by atoms with Crippen LogP contribution in [-0.4, -0.2) is 65.7 Å². The van der Waals surface area contributed by atoms with Crippen LogP contribution in [-0.2, 0) is 4.74 Å². The second-order valence-electron chi connectivity index (χ2n) is 9.24. The molecule has 156 valence electrons. The first-order valence-corrected chi connectivity index (χ1v) is 10.6. The zero-order valence-corrected chi connectivity index (χ0v) is 18.4. The number of ether oxygens (including phenoxy) is 2. The van der Waals surface area contributed by atoms with E-state index in [2.05, 4.69) is 25.7 Å². The molecule has 2 fully saturated rings. The molecule has 1 amide bonds. The average molecular weight is 389 g/mol. The molecule has 0 unspecified atom stereocenters. The summed E-state index contributed by atoms with van der Waals surface area (Å²) in [5.74, 6) is 0.958. The van der Waals surface area contributed by atoms with Crippen LogP contribution in [0.2, 0.25) is 0 Å². The Morgan fingerprint density at radius 2 is 1.93 bits per heavy atom. The molecular weight excluding hydrogens is 352 g/mol. The molecule has 2 aliphatic rings. The Bertz CT molecular complexity index is 706. The van der Waals surface area contributed by atoms with Gasteiger partial charge < -0.3 is 14.4 Å². The number of amides is 1. The molecule has 5 heteroatoms. The van der Waals surface area contributed by atoms with Gasteiger partial charge in [-0.15, -0.1) is 0 Å². The standard InChI is InChI=1S/C23H36N2O3/c1-7-25-15-23(27-16-22(25,5)6)10-12-24(13-11-23)21(26)19-8-9-20(18(4)14-19)28-17(2)3/h8-9,14,17H,7,10-13,15-16H2,1-6H3. The molecule has 0 N–H and O–H groups in total. The molecule has 2 heterocycles. The molecule has 0 aromatic heterocycles. The summed E-state index contributed by atoms with van der Waals surface area (Å²) in [6.45, 7) is 17.0. The highest BCUT2D eigenvalue weighted by molar-refractivity contribution is 5.94. The summed E-state index contributed by atoms with van der Waals surface area (Å²) in [5, 5.41) is 0. The maximum Gasteiger partial charge on any atom is 0.253 e. The van der Waals surface area contributed by atoms with E-state index in [1.165, 1.54) is 0 Å². The van der Waals surface area contributed by atoms with Crippen molar-refractivity contribution in [1.82, 2.24) is 9.80 Å². The number of likely N-dealkylation sites (tertiary alicyclic amines) is 1. The lowest BCUT2D eigenvalue weighted by Crippen LogP contribution is -2.64. The average Bonchev–Trinajstić information content (AvgIpc) is 2.65. The van der Waals surface area contributed by atoms with Crippen LogP contribution in [0.1, 0.15) is 63.4 Å². The fourth-order valence-electron chi connectivity index (χ4n) is 4.34. The summed E-state index contributed by atoms with van der Waals surface area (Å²) in [6, 6.07) is 5.75.